The second kappa shape index (κ2) is 8.55. The Morgan fingerprint density at radius 1 is 1.00 bits per heavy atom. The normalized spacial score (nSPS) is 10.8. The highest BCUT2D eigenvalue weighted by molar-refractivity contribution is 7.13. The van der Waals surface area contributed by atoms with Gasteiger partial charge in [0, 0.05) is 5.39 Å². The minimum absolute atomic E-state index is 0.135. The lowest BCUT2D eigenvalue weighted by Crippen LogP contribution is -2.08. The maximum Gasteiger partial charge on any atom is 0.339 e. The molecule has 152 valence electrons. The van der Waals surface area contributed by atoms with Gasteiger partial charge in [-0.05, 0) is 53.8 Å². The number of benzene rings is 2. The van der Waals surface area contributed by atoms with Crippen LogP contribution in [0.1, 0.15) is 21.5 Å². The molecule has 30 heavy (non-hydrogen) atoms. The molecule has 0 amide bonds. The topological polar surface area (TPSA) is 57.7 Å². The summed E-state index contributed by atoms with van der Waals surface area (Å²) in [6, 6.07) is 17.1. The Balaban J connectivity index is 1.66. The van der Waals surface area contributed by atoms with Crippen LogP contribution < -0.4 is 9.47 Å². The molecule has 0 saturated carbocycles. The molecule has 4 aromatic rings. The molecule has 0 bridgehead atoms. The van der Waals surface area contributed by atoms with Gasteiger partial charge >= 0.3 is 5.97 Å². The van der Waals surface area contributed by atoms with Crippen molar-refractivity contribution in [3.8, 4) is 22.1 Å². The van der Waals surface area contributed by atoms with Crippen LogP contribution in [-0.4, -0.2) is 25.2 Å². The zero-order valence-corrected chi connectivity index (χ0v) is 17.8. The number of esters is 1. The van der Waals surface area contributed by atoms with Crippen molar-refractivity contribution in [1.82, 2.24) is 4.98 Å². The minimum atomic E-state index is -0.388. The van der Waals surface area contributed by atoms with E-state index in [4.69, 9.17) is 19.2 Å². The summed E-state index contributed by atoms with van der Waals surface area (Å²) >= 11 is 1.58. The van der Waals surface area contributed by atoms with Gasteiger partial charge in [-0.3, -0.25) is 0 Å². The maximum atomic E-state index is 13.0. The van der Waals surface area contributed by atoms with Crippen molar-refractivity contribution in [3.63, 3.8) is 0 Å². The van der Waals surface area contributed by atoms with Crippen molar-refractivity contribution in [2.24, 2.45) is 0 Å². The molecule has 0 radical (unpaired) electrons. The van der Waals surface area contributed by atoms with Crippen LogP contribution in [0.2, 0.25) is 0 Å². The smallest absolute Gasteiger partial charge is 0.339 e. The molecule has 2 aromatic heterocycles. The zero-order valence-electron chi connectivity index (χ0n) is 17.0. The predicted molar refractivity (Wildman–Crippen MR) is 118 cm³/mol. The molecular weight excluding hydrogens is 398 g/mol. The second-order valence-corrected chi connectivity index (χ2v) is 7.71. The fourth-order valence-corrected chi connectivity index (χ4v) is 3.98. The standard InChI is InChI=1S/C24H21NO4S/c1-15-11-21(27-2)22(28-3)12-16(15)14-29-24(26)18-13-20(23-9-6-10-30-23)25-19-8-5-4-7-17(18)19/h4-13H,14H2,1-3H3. The number of thiophene rings is 1. The van der Waals surface area contributed by atoms with E-state index in [1.54, 1.807) is 31.6 Å². The van der Waals surface area contributed by atoms with Crippen molar-refractivity contribution < 1.29 is 19.0 Å². The van der Waals surface area contributed by atoms with Crippen molar-refractivity contribution in [3.05, 3.63) is 76.7 Å². The number of nitrogens with zero attached hydrogens (tertiary/aromatic N) is 1. The highest BCUT2D eigenvalue weighted by Gasteiger charge is 2.17. The third-order valence-electron chi connectivity index (χ3n) is 4.91. The number of aryl methyl sites for hydroxylation is 1. The molecule has 0 atom stereocenters. The number of methoxy groups -OCH3 is 2. The summed E-state index contributed by atoms with van der Waals surface area (Å²) in [5.74, 6) is 0.856. The van der Waals surface area contributed by atoms with Gasteiger partial charge in [0.1, 0.15) is 6.61 Å². The molecule has 0 aliphatic rings. The number of hydrogen-bond acceptors (Lipinski definition) is 6. The Bertz CT molecular complexity index is 1200. The third-order valence-corrected chi connectivity index (χ3v) is 5.80. The van der Waals surface area contributed by atoms with E-state index in [0.29, 0.717) is 17.1 Å². The SMILES string of the molecule is COc1cc(C)c(COC(=O)c2cc(-c3cccs3)nc3ccccc23)cc1OC. The van der Waals surface area contributed by atoms with Crippen LogP contribution in [0, 0.1) is 6.92 Å². The van der Waals surface area contributed by atoms with Crippen LogP contribution >= 0.6 is 11.3 Å². The van der Waals surface area contributed by atoms with Crippen LogP contribution in [0.15, 0.2) is 60.0 Å². The quantitative estimate of drug-likeness (QED) is 0.378. The van der Waals surface area contributed by atoms with Gasteiger partial charge in [0.2, 0.25) is 0 Å². The lowest BCUT2D eigenvalue weighted by atomic mass is 10.1. The molecule has 0 spiro atoms. The van der Waals surface area contributed by atoms with Gasteiger partial charge in [0.25, 0.3) is 0 Å². The van der Waals surface area contributed by atoms with Crippen LogP contribution in [-0.2, 0) is 11.3 Å². The lowest BCUT2D eigenvalue weighted by Gasteiger charge is -2.14. The molecule has 5 nitrogen and oxygen atoms in total. The first-order valence-corrected chi connectivity index (χ1v) is 10.3. The molecule has 6 heteroatoms. The fraction of sp³-hybridized carbons (Fsp3) is 0.167. The van der Waals surface area contributed by atoms with Gasteiger partial charge in [-0.25, -0.2) is 9.78 Å². The summed E-state index contributed by atoms with van der Waals surface area (Å²) in [5, 5.41) is 2.76. The summed E-state index contributed by atoms with van der Waals surface area (Å²) in [6.45, 7) is 2.08. The van der Waals surface area contributed by atoms with Crippen LogP contribution in [0.4, 0.5) is 0 Å². The maximum absolute atomic E-state index is 13.0. The molecule has 0 aliphatic heterocycles. The summed E-state index contributed by atoms with van der Waals surface area (Å²) in [5.41, 5.74) is 3.84. The number of fused-ring (bicyclic) bond motifs is 1. The number of hydrogen-bond donors (Lipinski definition) is 0. The third kappa shape index (κ3) is 3.86. The van der Waals surface area contributed by atoms with E-state index in [-0.39, 0.29) is 12.6 Å². The van der Waals surface area contributed by atoms with E-state index in [2.05, 4.69) is 0 Å². The van der Waals surface area contributed by atoms with Crippen molar-refractivity contribution in [2.45, 2.75) is 13.5 Å². The Morgan fingerprint density at radius 2 is 1.77 bits per heavy atom. The number of pyridine rings is 1. The number of aromatic nitrogens is 1. The van der Waals surface area contributed by atoms with Crippen LogP contribution in [0.5, 0.6) is 11.5 Å². The van der Waals surface area contributed by atoms with Gasteiger partial charge in [-0.15, -0.1) is 11.3 Å². The van der Waals surface area contributed by atoms with E-state index < -0.39 is 0 Å². The molecular formula is C24H21NO4S. The molecule has 0 fully saturated rings. The monoisotopic (exact) mass is 419 g/mol. The van der Waals surface area contributed by atoms with Gasteiger partial charge in [-0.1, -0.05) is 24.3 Å². The van der Waals surface area contributed by atoms with E-state index in [1.807, 2.05) is 60.8 Å². The zero-order chi connectivity index (χ0) is 21.1. The largest absolute Gasteiger partial charge is 0.493 e. The van der Waals surface area contributed by atoms with E-state index >= 15 is 0 Å². The summed E-state index contributed by atoms with van der Waals surface area (Å²) in [6.07, 6.45) is 0. The number of carbonyl (C=O) groups excluding carboxylic acids is 1. The van der Waals surface area contributed by atoms with Crippen LogP contribution in [0.3, 0.4) is 0 Å². The van der Waals surface area contributed by atoms with Gasteiger partial charge in [0.05, 0.1) is 35.9 Å². The first-order valence-electron chi connectivity index (χ1n) is 9.43. The molecule has 0 saturated heterocycles. The van der Waals surface area contributed by atoms with Crippen LogP contribution in [0.25, 0.3) is 21.5 Å². The number of carbonyl (C=O) groups is 1. The lowest BCUT2D eigenvalue weighted by molar-refractivity contribution is 0.0474. The van der Waals surface area contributed by atoms with Gasteiger partial charge in [0.15, 0.2) is 11.5 Å². The highest BCUT2D eigenvalue weighted by atomic mass is 32.1. The number of rotatable bonds is 6. The Labute approximate surface area is 178 Å². The highest BCUT2D eigenvalue weighted by Crippen LogP contribution is 2.31. The molecule has 0 N–H and O–H groups in total. The Kier molecular flexibility index (Phi) is 5.68. The number of ether oxygens (including phenoxy) is 3. The van der Waals surface area contributed by atoms with E-state index in [9.17, 15) is 4.79 Å². The molecule has 4 rings (SSSR count). The average molecular weight is 420 g/mol. The molecule has 2 aromatic carbocycles. The molecule has 0 aliphatic carbocycles. The number of para-hydroxylation sites is 1. The fourth-order valence-electron chi connectivity index (χ4n) is 3.29. The van der Waals surface area contributed by atoms with Crippen molar-refractivity contribution in [2.75, 3.05) is 14.2 Å². The molecule has 0 unspecified atom stereocenters. The van der Waals surface area contributed by atoms with Crippen molar-refractivity contribution in [1.29, 1.82) is 0 Å². The van der Waals surface area contributed by atoms with Crippen molar-refractivity contribution >= 4 is 28.2 Å². The van der Waals surface area contributed by atoms with Gasteiger partial charge in [-0.2, -0.15) is 0 Å². The second-order valence-electron chi connectivity index (χ2n) is 6.76. The Hall–Kier alpha value is -3.38. The summed E-state index contributed by atoms with van der Waals surface area (Å²) in [4.78, 5) is 18.8. The first-order chi connectivity index (χ1) is 14.6. The molecule has 2 heterocycles. The van der Waals surface area contributed by atoms with Gasteiger partial charge < -0.3 is 14.2 Å². The Morgan fingerprint density at radius 3 is 2.50 bits per heavy atom. The summed E-state index contributed by atoms with van der Waals surface area (Å²) < 4.78 is 16.4. The first kappa shape index (κ1) is 19.9. The summed E-state index contributed by atoms with van der Waals surface area (Å²) in [7, 11) is 3.18. The van der Waals surface area contributed by atoms with E-state index in [1.165, 1.54) is 0 Å². The predicted octanol–water partition coefficient (Wildman–Crippen LogP) is 5.65. The average Bonchev–Trinajstić information content (AvgIpc) is 3.32. The van der Waals surface area contributed by atoms with E-state index in [0.717, 1.165) is 32.6 Å². The minimum Gasteiger partial charge on any atom is -0.493 e.